The molecule has 3 atom stereocenters. The summed E-state index contributed by atoms with van der Waals surface area (Å²) >= 11 is 0. The van der Waals surface area contributed by atoms with E-state index < -0.39 is 41.8 Å². The highest BCUT2D eigenvalue weighted by molar-refractivity contribution is 6.25. The minimum Gasteiger partial charge on any atom is -0.453 e. The third-order valence-corrected chi connectivity index (χ3v) is 7.69. The summed E-state index contributed by atoms with van der Waals surface area (Å²) in [5.41, 5.74) is 2.76. The quantitative estimate of drug-likeness (QED) is 0.133. The molecule has 1 fully saturated rings. The Labute approximate surface area is 273 Å². The second-order valence-corrected chi connectivity index (χ2v) is 11.2. The first-order chi connectivity index (χ1) is 22.7. The van der Waals surface area contributed by atoms with Crippen molar-refractivity contribution in [3.8, 4) is 0 Å². The molecule has 1 N–H and O–H groups in total. The van der Waals surface area contributed by atoms with E-state index in [1.54, 1.807) is 72.8 Å². The van der Waals surface area contributed by atoms with Crippen LogP contribution in [0.4, 0.5) is 4.79 Å². The summed E-state index contributed by atoms with van der Waals surface area (Å²) in [5.74, 6) is -4.02. The molecule has 0 bridgehead atoms. The molecule has 0 unspecified atom stereocenters. The number of ketones is 2. The zero-order valence-electron chi connectivity index (χ0n) is 26.5. The zero-order valence-corrected chi connectivity index (χ0v) is 26.5. The van der Waals surface area contributed by atoms with Crippen LogP contribution in [0.2, 0.25) is 0 Å². The molecule has 0 radical (unpaired) electrons. The number of benzene rings is 3. The van der Waals surface area contributed by atoms with Crippen molar-refractivity contribution < 1.29 is 43.3 Å². The van der Waals surface area contributed by atoms with Gasteiger partial charge in [-0.15, -0.1) is 0 Å². The van der Waals surface area contributed by atoms with Crippen LogP contribution >= 0.6 is 0 Å². The summed E-state index contributed by atoms with van der Waals surface area (Å²) < 4.78 is 16.2. The molecule has 10 nitrogen and oxygen atoms in total. The highest BCUT2D eigenvalue weighted by atomic mass is 16.6. The van der Waals surface area contributed by atoms with Crippen molar-refractivity contribution in [2.24, 2.45) is 5.92 Å². The van der Waals surface area contributed by atoms with Crippen LogP contribution in [-0.2, 0) is 39.8 Å². The number of rotatable bonds is 16. The lowest BCUT2D eigenvalue weighted by atomic mass is 9.87. The highest BCUT2D eigenvalue weighted by Crippen LogP contribution is 2.32. The topological polar surface area (TPSA) is 137 Å². The lowest BCUT2D eigenvalue weighted by molar-refractivity contribution is -0.158. The summed E-state index contributed by atoms with van der Waals surface area (Å²) in [6, 6.07) is 24.1. The molecule has 1 saturated heterocycles. The van der Waals surface area contributed by atoms with E-state index in [9.17, 15) is 24.0 Å². The van der Waals surface area contributed by atoms with Gasteiger partial charge < -0.3 is 19.3 Å². The Kier molecular flexibility index (Phi) is 12.7. The van der Waals surface area contributed by atoms with Crippen molar-refractivity contribution >= 4 is 35.1 Å². The molecule has 10 heteroatoms. The van der Waals surface area contributed by atoms with Crippen molar-refractivity contribution in [2.75, 3.05) is 26.4 Å². The van der Waals surface area contributed by atoms with Crippen molar-refractivity contribution in [2.45, 2.75) is 45.3 Å². The molecule has 1 aliphatic rings. The van der Waals surface area contributed by atoms with Gasteiger partial charge in [0.25, 0.3) is 0 Å². The molecule has 47 heavy (non-hydrogen) atoms. The van der Waals surface area contributed by atoms with Crippen LogP contribution in [0.25, 0.3) is 5.57 Å². The molecule has 2 amide bonds. The number of carbonyl (C=O) groups is 5. The van der Waals surface area contributed by atoms with Gasteiger partial charge in [-0.25, -0.2) is 9.69 Å². The first-order valence-corrected chi connectivity index (χ1v) is 15.5. The van der Waals surface area contributed by atoms with Crippen LogP contribution in [0, 0.1) is 12.8 Å². The predicted molar refractivity (Wildman–Crippen MR) is 173 cm³/mol. The maximum atomic E-state index is 14.4. The molecule has 4 rings (SSSR count). The average Bonchev–Trinajstić information content (AvgIpc) is 3.46. The van der Waals surface area contributed by atoms with Crippen LogP contribution < -0.4 is 0 Å². The van der Waals surface area contributed by atoms with Crippen LogP contribution in [0.1, 0.15) is 48.1 Å². The van der Waals surface area contributed by atoms with E-state index in [-0.39, 0.29) is 50.6 Å². The molecule has 1 aliphatic heterocycles. The molecule has 0 aromatic heterocycles. The zero-order chi connectivity index (χ0) is 33.8. The number of cyclic esters (lactones) is 1. The van der Waals surface area contributed by atoms with Crippen molar-refractivity contribution in [3.05, 3.63) is 113 Å². The third kappa shape index (κ3) is 9.54. The smallest absolute Gasteiger partial charge is 0.417 e. The van der Waals surface area contributed by atoms with Gasteiger partial charge in [0.05, 0.1) is 19.1 Å². The lowest BCUT2D eigenvalue weighted by Gasteiger charge is -2.29. The minimum absolute atomic E-state index is 0.0431. The number of imide groups is 1. The normalized spacial score (nSPS) is 15.9. The van der Waals surface area contributed by atoms with E-state index in [4.69, 9.17) is 19.3 Å². The maximum absolute atomic E-state index is 14.4. The monoisotopic (exact) mass is 641 g/mol. The summed E-state index contributed by atoms with van der Waals surface area (Å²) in [5, 5.41) is 8.96. The Morgan fingerprint density at radius 1 is 0.979 bits per heavy atom. The Balaban J connectivity index is 1.75. The van der Waals surface area contributed by atoms with E-state index in [2.05, 4.69) is 0 Å². The average molecular weight is 642 g/mol. The second-order valence-electron chi connectivity index (χ2n) is 11.2. The van der Waals surface area contributed by atoms with Gasteiger partial charge in [-0.1, -0.05) is 90.5 Å². The fourth-order valence-electron chi connectivity index (χ4n) is 5.47. The van der Waals surface area contributed by atoms with Crippen molar-refractivity contribution in [1.29, 1.82) is 0 Å². The van der Waals surface area contributed by atoms with E-state index in [1.165, 1.54) is 0 Å². The number of ether oxygens (including phenoxy) is 3. The van der Waals surface area contributed by atoms with Crippen LogP contribution in [0.3, 0.4) is 0 Å². The first-order valence-electron chi connectivity index (χ1n) is 15.5. The maximum Gasteiger partial charge on any atom is 0.417 e. The van der Waals surface area contributed by atoms with Gasteiger partial charge in [0.2, 0.25) is 5.91 Å². The second kappa shape index (κ2) is 17.1. The first kappa shape index (κ1) is 34.9. The predicted octanol–water partition coefficient (Wildman–Crippen LogP) is 4.82. The Morgan fingerprint density at radius 3 is 2.34 bits per heavy atom. The Hall–Kier alpha value is -4.93. The molecule has 3 aromatic carbocycles. The number of esters is 1. The number of aryl methyl sites for hydroxylation is 1. The fraction of sp³-hybridized carbons (Fsp3) is 0.324. The van der Waals surface area contributed by atoms with Crippen molar-refractivity contribution in [3.63, 3.8) is 0 Å². The number of amides is 2. The molecule has 0 saturated carbocycles. The number of aliphatic hydroxyl groups is 1. The van der Waals surface area contributed by atoms with Crippen LogP contribution in [0.5, 0.6) is 0 Å². The van der Waals surface area contributed by atoms with Gasteiger partial charge in [-0.05, 0) is 42.5 Å². The lowest BCUT2D eigenvalue weighted by Crippen LogP contribution is -2.47. The van der Waals surface area contributed by atoms with Gasteiger partial charge >= 0.3 is 12.1 Å². The van der Waals surface area contributed by atoms with Gasteiger partial charge in [0.1, 0.15) is 12.6 Å². The number of hydrogen-bond acceptors (Lipinski definition) is 9. The van der Waals surface area contributed by atoms with E-state index >= 15 is 0 Å². The van der Waals surface area contributed by atoms with Crippen LogP contribution in [0.15, 0.2) is 91.0 Å². The van der Waals surface area contributed by atoms with Crippen molar-refractivity contribution in [1.82, 2.24) is 4.90 Å². The number of Topliss-reactive ketones (excluding diaryl/α,β-unsaturated/α-hetero) is 1. The third-order valence-electron chi connectivity index (χ3n) is 7.69. The summed E-state index contributed by atoms with van der Waals surface area (Å²) in [6.45, 7) is 3.14. The molecule has 1 heterocycles. The molecular formula is C37H39NO9. The fourth-order valence-corrected chi connectivity index (χ4v) is 5.47. The molecule has 3 aromatic rings. The van der Waals surface area contributed by atoms with Gasteiger partial charge in [0.15, 0.2) is 17.7 Å². The summed E-state index contributed by atoms with van der Waals surface area (Å²) in [6.07, 6.45) is -1.06. The Morgan fingerprint density at radius 2 is 1.68 bits per heavy atom. The number of aliphatic hydroxyl groups excluding tert-OH is 1. The molecule has 0 spiro atoms. The molecular weight excluding hydrogens is 602 g/mol. The van der Waals surface area contributed by atoms with Gasteiger partial charge in [-0.2, -0.15) is 0 Å². The molecule has 0 aliphatic carbocycles. The number of allylic oxidation sites excluding steroid dienone is 1. The SMILES string of the molecule is CC(=O)O[C@H](C(=O)C=C(C(=O)CCCOCCO)c1cccc(C)c1)[C@@H](Cc1ccccc1)C(=O)N1C(=O)OC[C@@H]1c1ccccc1. The number of carbonyl (C=O) groups excluding carboxylic acids is 5. The van der Waals surface area contributed by atoms with E-state index in [0.29, 0.717) is 23.1 Å². The van der Waals surface area contributed by atoms with Gasteiger partial charge in [0, 0.05) is 25.5 Å². The highest BCUT2D eigenvalue weighted by Gasteiger charge is 2.46. The van der Waals surface area contributed by atoms with E-state index in [0.717, 1.165) is 23.5 Å². The summed E-state index contributed by atoms with van der Waals surface area (Å²) in [4.78, 5) is 68.6. The largest absolute Gasteiger partial charge is 0.453 e. The summed E-state index contributed by atoms with van der Waals surface area (Å²) in [7, 11) is 0. The minimum atomic E-state index is -1.66. The molecule has 246 valence electrons. The van der Waals surface area contributed by atoms with E-state index in [1.807, 2.05) is 19.1 Å². The van der Waals surface area contributed by atoms with Gasteiger partial charge in [-0.3, -0.25) is 19.2 Å². The Bertz CT molecular complexity index is 1590. The number of nitrogens with zero attached hydrogens (tertiary/aromatic N) is 1. The standard InChI is InChI=1S/C37H39NO9/c1-25-11-9-16-29(21-25)30(33(41)17-10-19-45-20-18-39)23-34(42)35(47-26(2)40)31(22-27-12-5-3-6-13-27)36(43)38-32(24-46-37(38)44)28-14-7-4-8-15-28/h3-9,11-16,21,23,31-32,35,39H,10,17-20,22,24H2,1-2H3/t31-,32-,35+/m1/s1. The van der Waals surface area contributed by atoms with Crippen LogP contribution in [-0.4, -0.2) is 72.1 Å². The number of hydrogen-bond donors (Lipinski definition) is 1.